The van der Waals surface area contributed by atoms with Crippen molar-refractivity contribution in [3.05, 3.63) is 35.7 Å². The summed E-state index contributed by atoms with van der Waals surface area (Å²) in [6.45, 7) is 3.88. The Kier molecular flexibility index (Phi) is 4.46. The molecule has 0 fully saturated rings. The van der Waals surface area contributed by atoms with Gasteiger partial charge in [0.25, 0.3) is 5.91 Å². The lowest BCUT2D eigenvalue weighted by Gasteiger charge is -2.13. The molecule has 3 amide bonds. The van der Waals surface area contributed by atoms with E-state index in [1.165, 1.54) is 0 Å². The normalized spacial score (nSPS) is 16.7. The summed E-state index contributed by atoms with van der Waals surface area (Å²) >= 11 is 0. The number of fused-ring (bicyclic) bond motifs is 1. The molecule has 0 saturated heterocycles. The van der Waals surface area contributed by atoms with Gasteiger partial charge in [0.2, 0.25) is 17.8 Å². The van der Waals surface area contributed by atoms with Gasteiger partial charge in [-0.1, -0.05) is 26.0 Å². The van der Waals surface area contributed by atoms with Crippen LogP contribution in [-0.4, -0.2) is 38.9 Å². The van der Waals surface area contributed by atoms with E-state index < -0.39 is 23.8 Å². The lowest BCUT2D eigenvalue weighted by Crippen LogP contribution is -2.43. The van der Waals surface area contributed by atoms with Crippen molar-refractivity contribution in [1.29, 1.82) is 0 Å². The fourth-order valence-electron chi connectivity index (χ4n) is 2.40. The van der Waals surface area contributed by atoms with E-state index in [0.717, 1.165) is 0 Å². The monoisotopic (exact) mass is 342 g/mol. The molecule has 2 heterocycles. The number of amides is 3. The van der Waals surface area contributed by atoms with E-state index in [2.05, 4.69) is 31.1 Å². The Labute approximate surface area is 143 Å². The molecule has 25 heavy (non-hydrogen) atoms. The second-order valence-electron chi connectivity index (χ2n) is 6.01. The summed E-state index contributed by atoms with van der Waals surface area (Å²) in [6.07, 6.45) is -0.225. The largest absolute Gasteiger partial charge is 0.340 e. The third kappa shape index (κ3) is 3.65. The number of hydrogen-bond acceptors (Lipinski definition) is 5. The first-order valence-electron chi connectivity index (χ1n) is 7.87. The van der Waals surface area contributed by atoms with Gasteiger partial charge in [-0.3, -0.25) is 24.8 Å². The molecule has 1 aromatic carbocycles. The summed E-state index contributed by atoms with van der Waals surface area (Å²) in [5.74, 6) is -0.411. The molecule has 0 radical (unpaired) electrons. The zero-order chi connectivity index (χ0) is 18.0. The molecule has 1 aromatic heterocycles. The predicted molar refractivity (Wildman–Crippen MR) is 90.0 cm³/mol. The second kappa shape index (κ2) is 6.71. The van der Waals surface area contributed by atoms with Gasteiger partial charge in [-0.2, -0.15) is 4.98 Å². The molecule has 1 aliphatic heterocycles. The molecular weight excluding hydrogens is 324 g/mol. The van der Waals surface area contributed by atoms with Gasteiger partial charge in [-0.15, -0.1) is 5.10 Å². The van der Waals surface area contributed by atoms with Crippen molar-refractivity contribution in [2.75, 3.05) is 10.6 Å². The van der Waals surface area contributed by atoms with E-state index in [1.54, 1.807) is 24.3 Å². The molecule has 1 atom stereocenters. The minimum Gasteiger partial charge on any atom is -0.340 e. The molecule has 0 bridgehead atoms. The van der Waals surface area contributed by atoms with Gasteiger partial charge in [-0.25, -0.2) is 0 Å². The third-order valence-electron chi connectivity index (χ3n) is 3.74. The maximum Gasteiger partial charge on any atom is 0.254 e. The number of nitrogens with one attached hydrogen (secondary N) is 4. The van der Waals surface area contributed by atoms with Crippen LogP contribution in [0.25, 0.3) is 0 Å². The average molecular weight is 342 g/mol. The summed E-state index contributed by atoms with van der Waals surface area (Å²) in [7, 11) is 0. The molecule has 4 N–H and O–H groups in total. The predicted octanol–water partition coefficient (Wildman–Crippen LogP) is 1.01. The average Bonchev–Trinajstić information content (AvgIpc) is 2.98. The van der Waals surface area contributed by atoms with Crippen LogP contribution >= 0.6 is 0 Å². The lowest BCUT2D eigenvalue weighted by molar-refractivity contribution is -0.122. The Bertz CT molecular complexity index is 829. The van der Waals surface area contributed by atoms with Crippen LogP contribution in [0.2, 0.25) is 0 Å². The zero-order valence-electron chi connectivity index (χ0n) is 13.8. The summed E-state index contributed by atoms with van der Waals surface area (Å²) in [5.41, 5.74) is 0.776. The first-order chi connectivity index (χ1) is 11.9. The molecule has 9 heteroatoms. The number of aromatic amines is 1. The van der Waals surface area contributed by atoms with Crippen molar-refractivity contribution in [3.8, 4) is 0 Å². The van der Waals surface area contributed by atoms with Crippen molar-refractivity contribution in [3.63, 3.8) is 0 Å². The number of rotatable bonds is 4. The third-order valence-corrected chi connectivity index (χ3v) is 3.74. The van der Waals surface area contributed by atoms with E-state index >= 15 is 0 Å². The Balaban J connectivity index is 1.67. The molecule has 0 spiro atoms. The van der Waals surface area contributed by atoms with Crippen LogP contribution in [0, 0.1) is 0 Å². The van der Waals surface area contributed by atoms with E-state index in [-0.39, 0.29) is 18.3 Å². The Morgan fingerprint density at radius 1 is 1.28 bits per heavy atom. The first-order valence-corrected chi connectivity index (χ1v) is 7.87. The van der Waals surface area contributed by atoms with Crippen LogP contribution in [0.4, 0.5) is 11.6 Å². The van der Waals surface area contributed by atoms with Crippen molar-refractivity contribution in [2.45, 2.75) is 32.2 Å². The van der Waals surface area contributed by atoms with Gasteiger partial charge >= 0.3 is 0 Å². The highest BCUT2D eigenvalue weighted by Crippen LogP contribution is 2.19. The van der Waals surface area contributed by atoms with Gasteiger partial charge in [-0.05, 0) is 12.1 Å². The second-order valence-corrected chi connectivity index (χ2v) is 6.01. The van der Waals surface area contributed by atoms with Crippen LogP contribution in [0.5, 0.6) is 0 Å². The molecule has 9 nitrogen and oxygen atoms in total. The van der Waals surface area contributed by atoms with Gasteiger partial charge < -0.3 is 10.6 Å². The van der Waals surface area contributed by atoms with E-state index in [0.29, 0.717) is 17.1 Å². The molecule has 0 saturated carbocycles. The summed E-state index contributed by atoms with van der Waals surface area (Å²) in [6, 6.07) is 5.68. The lowest BCUT2D eigenvalue weighted by atomic mass is 10.1. The Morgan fingerprint density at radius 2 is 2.04 bits per heavy atom. The topological polar surface area (TPSA) is 129 Å². The van der Waals surface area contributed by atoms with Gasteiger partial charge in [0.1, 0.15) is 11.9 Å². The fourth-order valence-corrected chi connectivity index (χ4v) is 2.40. The minimum atomic E-state index is -0.983. The molecule has 1 aliphatic rings. The Morgan fingerprint density at radius 3 is 2.76 bits per heavy atom. The molecule has 1 unspecified atom stereocenters. The van der Waals surface area contributed by atoms with Crippen LogP contribution in [-0.2, 0) is 9.59 Å². The van der Waals surface area contributed by atoms with Gasteiger partial charge in [0, 0.05) is 5.92 Å². The molecule has 0 aliphatic carbocycles. The van der Waals surface area contributed by atoms with E-state index in [9.17, 15) is 14.4 Å². The molecule has 3 rings (SSSR count). The smallest absolute Gasteiger partial charge is 0.254 e. The number of benzene rings is 1. The number of H-pyrrole nitrogens is 1. The summed E-state index contributed by atoms with van der Waals surface area (Å²) < 4.78 is 0. The highest BCUT2D eigenvalue weighted by atomic mass is 16.2. The number of para-hydroxylation sites is 1. The maximum atomic E-state index is 12.3. The standard InChI is InChI=1S/C16H18N6O3/c1-8(2)13-20-16(22-21-13)19-12(23)7-11-15(25)17-10-6-4-3-5-9(10)14(24)18-11/h3-6,8,11H,7H2,1-2H3,(H,17,25)(H,18,24)(H2,19,20,21,22,23). The minimum absolute atomic E-state index is 0.136. The van der Waals surface area contributed by atoms with Crippen LogP contribution in [0.3, 0.4) is 0 Å². The number of anilines is 2. The number of carbonyl (C=O) groups is 3. The zero-order valence-corrected chi connectivity index (χ0v) is 13.8. The highest BCUT2D eigenvalue weighted by Gasteiger charge is 2.29. The molecular formula is C16H18N6O3. The number of hydrogen-bond donors (Lipinski definition) is 4. The number of carbonyl (C=O) groups excluding carboxylic acids is 3. The van der Waals surface area contributed by atoms with Crippen LogP contribution in [0.15, 0.2) is 24.3 Å². The van der Waals surface area contributed by atoms with Gasteiger partial charge in [0.15, 0.2) is 0 Å². The van der Waals surface area contributed by atoms with Crippen LogP contribution in [0.1, 0.15) is 42.4 Å². The number of nitrogens with zero attached hydrogens (tertiary/aromatic N) is 2. The quantitative estimate of drug-likeness (QED) is 0.659. The number of aromatic nitrogens is 3. The first kappa shape index (κ1) is 16.6. The highest BCUT2D eigenvalue weighted by molar-refractivity contribution is 6.11. The molecule has 130 valence electrons. The van der Waals surface area contributed by atoms with E-state index in [4.69, 9.17) is 0 Å². The van der Waals surface area contributed by atoms with Crippen molar-refractivity contribution in [1.82, 2.24) is 20.5 Å². The molecule has 2 aromatic rings. The summed E-state index contributed by atoms with van der Waals surface area (Å²) in [4.78, 5) is 40.8. The van der Waals surface area contributed by atoms with Crippen molar-refractivity contribution < 1.29 is 14.4 Å². The van der Waals surface area contributed by atoms with Crippen molar-refractivity contribution >= 4 is 29.4 Å². The van der Waals surface area contributed by atoms with E-state index in [1.807, 2.05) is 13.8 Å². The fraction of sp³-hybridized carbons (Fsp3) is 0.312. The van der Waals surface area contributed by atoms with Gasteiger partial charge in [0.05, 0.1) is 17.7 Å². The summed E-state index contributed by atoms with van der Waals surface area (Å²) in [5, 5.41) is 14.4. The Hall–Kier alpha value is -3.23. The maximum absolute atomic E-state index is 12.3. The van der Waals surface area contributed by atoms with Crippen LogP contribution < -0.4 is 16.0 Å². The van der Waals surface area contributed by atoms with Crippen molar-refractivity contribution in [2.24, 2.45) is 0 Å². The SMILES string of the molecule is CC(C)c1nc(NC(=O)CC2NC(=O)c3ccccc3NC2=O)n[nH]1.